The van der Waals surface area contributed by atoms with Crippen LogP contribution in [0.1, 0.15) is 20.8 Å². The molecule has 0 N–H and O–H groups in total. The molecule has 30 heavy (non-hydrogen) atoms. The van der Waals surface area contributed by atoms with Gasteiger partial charge >= 0.3 is 0 Å². The number of amides is 1. The molecule has 156 valence electrons. The highest BCUT2D eigenvalue weighted by molar-refractivity contribution is 7.12. The number of piperazine rings is 1. The second kappa shape index (κ2) is 9.36. The third kappa shape index (κ3) is 5.23. The van der Waals surface area contributed by atoms with Crippen LogP contribution in [0.25, 0.3) is 0 Å². The maximum atomic E-state index is 13.2. The highest BCUT2D eigenvalue weighted by atomic mass is 32.1. The van der Waals surface area contributed by atoms with Crippen LogP contribution in [0.4, 0.5) is 8.78 Å². The van der Waals surface area contributed by atoms with E-state index in [0.717, 1.165) is 30.8 Å². The van der Waals surface area contributed by atoms with Crippen molar-refractivity contribution in [3.05, 3.63) is 87.6 Å². The van der Waals surface area contributed by atoms with E-state index in [2.05, 4.69) is 4.90 Å². The fraction of sp³-hybridized carbons (Fsp3) is 0.261. The number of benzene rings is 2. The molecule has 2 aromatic carbocycles. The van der Waals surface area contributed by atoms with Gasteiger partial charge in [0, 0.05) is 44.4 Å². The highest BCUT2D eigenvalue weighted by Crippen LogP contribution is 2.21. The second-order valence-corrected chi connectivity index (χ2v) is 8.17. The van der Waals surface area contributed by atoms with Gasteiger partial charge in [0.25, 0.3) is 5.91 Å². The Balaban J connectivity index is 1.27. The topological polar surface area (TPSA) is 32.8 Å². The first-order chi connectivity index (χ1) is 14.6. The molecule has 0 bridgehead atoms. The van der Waals surface area contributed by atoms with Gasteiger partial charge in [-0.15, -0.1) is 11.3 Å². The van der Waals surface area contributed by atoms with E-state index in [1.165, 1.54) is 35.6 Å². The van der Waals surface area contributed by atoms with Crippen molar-refractivity contribution < 1.29 is 18.3 Å². The molecule has 1 aliphatic heterocycles. The van der Waals surface area contributed by atoms with Crippen molar-refractivity contribution in [2.45, 2.75) is 13.2 Å². The number of carbonyl (C=O) groups is 1. The molecule has 2 heterocycles. The Hall–Kier alpha value is -2.77. The Labute approximate surface area is 178 Å². The normalized spacial score (nSPS) is 14.7. The summed E-state index contributed by atoms with van der Waals surface area (Å²) in [6.07, 6.45) is 0. The number of carbonyl (C=O) groups excluding carboxylic acids is 1. The van der Waals surface area contributed by atoms with E-state index in [4.69, 9.17) is 4.74 Å². The molecular weight excluding hydrogens is 406 g/mol. The van der Waals surface area contributed by atoms with E-state index < -0.39 is 0 Å². The van der Waals surface area contributed by atoms with Gasteiger partial charge in [-0.3, -0.25) is 9.69 Å². The summed E-state index contributed by atoms with van der Waals surface area (Å²) in [6, 6.07) is 14.4. The van der Waals surface area contributed by atoms with Crippen molar-refractivity contribution in [1.29, 1.82) is 0 Å². The van der Waals surface area contributed by atoms with Crippen LogP contribution in [0.15, 0.2) is 60.0 Å². The zero-order chi connectivity index (χ0) is 20.9. The Bertz CT molecular complexity index is 998. The number of halogens is 2. The van der Waals surface area contributed by atoms with Gasteiger partial charge in [-0.05, 0) is 41.3 Å². The Morgan fingerprint density at radius 2 is 1.70 bits per heavy atom. The van der Waals surface area contributed by atoms with Crippen molar-refractivity contribution in [2.24, 2.45) is 0 Å². The van der Waals surface area contributed by atoms with Crippen molar-refractivity contribution in [1.82, 2.24) is 9.80 Å². The van der Waals surface area contributed by atoms with E-state index in [1.807, 2.05) is 16.3 Å². The number of ether oxygens (including phenoxy) is 1. The summed E-state index contributed by atoms with van der Waals surface area (Å²) in [6.45, 7) is 3.93. The molecule has 1 fully saturated rings. The maximum Gasteiger partial charge on any atom is 0.264 e. The zero-order valence-electron chi connectivity index (χ0n) is 16.4. The van der Waals surface area contributed by atoms with Gasteiger partial charge < -0.3 is 9.64 Å². The van der Waals surface area contributed by atoms with Crippen molar-refractivity contribution >= 4 is 17.2 Å². The van der Waals surface area contributed by atoms with Crippen LogP contribution in [0.3, 0.4) is 0 Å². The van der Waals surface area contributed by atoms with E-state index in [9.17, 15) is 13.6 Å². The van der Waals surface area contributed by atoms with Gasteiger partial charge in [0.05, 0.1) is 4.88 Å². The average molecular weight is 429 g/mol. The number of hydrogen-bond acceptors (Lipinski definition) is 4. The molecule has 4 nitrogen and oxygen atoms in total. The summed E-state index contributed by atoms with van der Waals surface area (Å²) in [5, 5.41) is 1.90. The average Bonchev–Trinajstić information content (AvgIpc) is 3.23. The van der Waals surface area contributed by atoms with E-state index in [1.54, 1.807) is 24.3 Å². The summed E-state index contributed by atoms with van der Waals surface area (Å²) in [4.78, 5) is 17.6. The molecule has 0 atom stereocenters. The minimum atomic E-state index is -0.341. The van der Waals surface area contributed by atoms with Crippen LogP contribution in [0.2, 0.25) is 0 Å². The lowest BCUT2D eigenvalue weighted by Gasteiger charge is -2.34. The van der Waals surface area contributed by atoms with Gasteiger partial charge in [-0.1, -0.05) is 18.2 Å². The second-order valence-electron chi connectivity index (χ2n) is 7.26. The lowest BCUT2D eigenvalue weighted by atomic mass is 10.2. The number of rotatable bonds is 6. The molecule has 0 aliphatic carbocycles. The van der Waals surface area contributed by atoms with Crippen molar-refractivity contribution in [3.63, 3.8) is 0 Å². The fourth-order valence-electron chi connectivity index (χ4n) is 3.40. The third-order valence-electron chi connectivity index (χ3n) is 5.05. The zero-order valence-corrected chi connectivity index (χ0v) is 17.2. The Kier molecular flexibility index (Phi) is 6.40. The fourth-order valence-corrected chi connectivity index (χ4v) is 4.26. The molecule has 1 aromatic heterocycles. The number of thiophene rings is 1. The number of hydrogen-bond donors (Lipinski definition) is 0. The molecule has 0 radical (unpaired) electrons. The predicted molar refractivity (Wildman–Crippen MR) is 113 cm³/mol. The van der Waals surface area contributed by atoms with Gasteiger partial charge in [0.1, 0.15) is 24.0 Å². The molecular formula is C23H22F2N2O2S. The summed E-state index contributed by atoms with van der Waals surface area (Å²) < 4.78 is 31.9. The Morgan fingerprint density at radius 3 is 2.43 bits per heavy atom. The summed E-state index contributed by atoms with van der Waals surface area (Å²) in [5.74, 6) is -0.0807. The minimum Gasteiger partial charge on any atom is -0.489 e. The lowest BCUT2D eigenvalue weighted by molar-refractivity contribution is 0.0633. The van der Waals surface area contributed by atoms with E-state index >= 15 is 0 Å². The van der Waals surface area contributed by atoms with Gasteiger partial charge in [0.15, 0.2) is 0 Å². The standard InChI is InChI=1S/C23H22F2N2O2S/c24-19-6-4-17(5-7-19)14-26-8-10-27(11-9-26)23(28)22-12-18(16-30-22)15-29-21-3-1-2-20(25)13-21/h1-7,12-13,16H,8-11,14-15H2. The molecule has 0 saturated carbocycles. The van der Waals surface area contributed by atoms with Gasteiger partial charge in [-0.25, -0.2) is 8.78 Å². The number of nitrogens with zero attached hydrogens (tertiary/aromatic N) is 2. The summed E-state index contributed by atoms with van der Waals surface area (Å²) >= 11 is 1.40. The molecule has 0 unspecified atom stereocenters. The van der Waals surface area contributed by atoms with Crippen LogP contribution in [-0.2, 0) is 13.2 Å². The first-order valence-electron chi connectivity index (χ1n) is 9.79. The van der Waals surface area contributed by atoms with Crippen LogP contribution in [0.5, 0.6) is 5.75 Å². The van der Waals surface area contributed by atoms with Crippen molar-refractivity contribution in [3.8, 4) is 5.75 Å². The SMILES string of the molecule is O=C(c1cc(COc2cccc(F)c2)cs1)N1CCN(Cc2ccc(F)cc2)CC1. The smallest absolute Gasteiger partial charge is 0.264 e. The highest BCUT2D eigenvalue weighted by Gasteiger charge is 2.23. The molecule has 7 heteroatoms. The predicted octanol–water partition coefficient (Wildman–Crippen LogP) is 4.56. The maximum absolute atomic E-state index is 13.2. The van der Waals surface area contributed by atoms with Crippen LogP contribution in [0, 0.1) is 11.6 Å². The van der Waals surface area contributed by atoms with Crippen LogP contribution < -0.4 is 4.74 Å². The van der Waals surface area contributed by atoms with E-state index in [0.29, 0.717) is 30.3 Å². The molecule has 1 aliphatic rings. The Morgan fingerprint density at radius 1 is 0.933 bits per heavy atom. The van der Waals surface area contributed by atoms with Crippen molar-refractivity contribution in [2.75, 3.05) is 26.2 Å². The monoisotopic (exact) mass is 428 g/mol. The lowest BCUT2D eigenvalue weighted by Crippen LogP contribution is -2.48. The minimum absolute atomic E-state index is 0.0263. The molecule has 1 saturated heterocycles. The molecule has 4 rings (SSSR count). The van der Waals surface area contributed by atoms with Gasteiger partial charge in [-0.2, -0.15) is 0 Å². The molecule has 1 amide bonds. The molecule has 0 spiro atoms. The van der Waals surface area contributed by atoms with E-state index in [-0.39, 0.29) is 17.5 Å². The van der Waals surface area contributed by atoms with Gasteiger partial charge in [0.2, 0.25) is 0 Å². The van der Waals surface area contributed by atoms with Crippen LogP contribution >= 0.6 is 11.3 Å². The van der Waals surface area contributed by atoms with Crippen LogP contribution in [-0.4, -0.2) is 41.9 Å². The first-order valence-corrected chi connectivity index (χ1v) is 10.7. The first kappa shape index (κ1) is 20.5. The molecule has 3 aromatic rings. The summed E-state index contributed by atoms with van der Waals surface area (Å²) in [7, 11) is 0. The third-order valence-corrected chi connectivity index (χ3v) is 6.01. The largest absolute Gasteiger partial charge is 0.489 e. The quantitative estimate of drug-likeness (QED) is 0.577. The summed E-state index contributed by atoms with van der Waals surface area (Å²) in [5.41, 5.74) is 1.96.